The van der Waals surface area contributed by atoms with Crippen molar-refractivity contribution in [1.82, 2.24) is 4.72 Å². The molecule has 20 heavy (non-hydrogen) atoms. The molecule has 0 amide bonds. The van der Waals surface area contributed by atoms with Crippen molar-refractivity contribution >= 4 is 15.7 Å². The molecule has 0 fully saturated rings. The van der Waals surface area contributed by atoms with Crippen LogP contribution in [0.5, 0.6) is 5.75 Å². The van der Waals surface area contributed by atoms with Crippen LogP contribution in [0.1, 0.15) is 19.8 Å². The fraction of sp³-hybridized carbons (Fsp3) is 0.538. The number of hydrogen-bond donors (Lipinski definition) is 3. The van der Waals surface area contributed by atoms with E-state index in [0.717, 1.165) is 0 Å². The first-order valence-electron chi connectivity index (χ1n) is 6.56. The van der Waals surface area contributed by atoms with E-state index in [-0.39, 0.29) is 25.0 Å². The van der Waals surface area contributed by atoms with Crippen LogP contribution in [0, 0.1) is 0 Å². The molecule has 0 aliphatic rings. The topological polar surface area (TPSA) is 102 Å². The van der Waals surface area contributed by atoms with Crippen LogP contribution >= 0.6 is 0 Å². The normalized spacial score (nSPS) is 13.1. The standard InChI is InChI=1S/C13H22N2O4S/c1-2-12(6-7-16)15-20(17,18)9-8-19-13-5-3-4-11(14)10-13/h3-5,10,12,15-16H,2,6-9,14H2,1H3. The number of rotatable bonds is 9. The molecule has 6 nitrogen and oxygen atoms in total. The molecule has 0 aliphatic heterocycles. The van der Waals surface area contributed by atoms with Crippen molar-refractivity contribution in [2.24, 2.45) is 0 Å². The average molecular weight is 302 g/mol. The lowest BCUT2D eigenvalue weighted by atomic mass is 10.2. The van der Waals surface area contributed by atoms with Gasteiger partial charge in [0.15, 0.2) is 0 Å². The maximum atomic E-state index is 11.8. The highest BCUT2D eigenvalue weighted by atomic mass is 32.2. The predicted octanol–water partition coefficient (Wildman–Crippen LogP) is 0.728. The SMILES string of the molecule is CCC(CCO)NS(=O)(=O)CCOc1cccc(N)c1. The zero-order chi connectivity index (χ0) is 15.0. The minimum Gasteiger partial charge on any atom is -0.492 e. The number of benzene rings is 1. The molecule has 0 radical (unpaired) electrons. The van der Waals surface area contributed by atoms with Crippen molar-refractivity contribution in [2.45, 2.75) is 25.8 Å². The van der Waals surface area contributed by atoms with Crippen molar-refractivity contribution in [3.63, 3.8) is 0 Å². The van der Waals surface area contributed by atoms with E-state index in [9.17, 15) is 8.42 Å². The Hall–Kier alpha value is -1.31. The Bertz CT molecular complexity index is 505. The molecular weight excluding hydrogens is 280 g/mol. The second kappa shape index (κ2) is 8.08. The average Bonchev–Trinajstić information content (AvgIpc) is 2.38. The van der Waals surface area contributed by atoms with Crippen LogP contribution in [0.3, 0.4) is 0 Å². The van der Waals surface area contributed by atoms with Gasteiger partial charge >= 0.3 is 0 Å². The van der Waals surface area contributed by atoms with Crippen molar-refractivity contribution in [3.8, 4) is 5.75 Å². The molecule has 0 heterocycles. The summed E-state index contributed by atoms with van der Waals surface area (Å²) >= 11 is 0. The summed E-state index contributed by atoms with van der Waals surface area (Å²) in [5.41, 5.74) is 6.17. The van der Waals surface area contributed by atoms with Gasteiger partial charge in [-0.2, -0.15) is 0 Å². The van der Waals surface area contributed by atoms with E-state index < -0.39 is 10.0 Å². The summed E-state index contributed by atoms with van der Waals surface area (Å²) in [5, 5.41) is 8.84. The second-order valence-corrected chi connectivity index (χ2v) is 6.35. The van der Waals surface area contributed by atoms with Gasteiger partial charge in [0.25, 0.3) is 0 Å². The Morgan fingerprint density at radius 1 is 1.45 bits per heavy atom. The van der Waals surface area contributed by atoms with E-state index in [1.807, 2.05) is 6.92 Å². The van der Waals surface area contributed by atoms with Gasteiger partial charge in [0.05, 0.1) is 5.75 Å². The highest BCUT2D eigenvalue weighted by Crippen LogP contribution is 2.14. The summed E-state index contributed by atoms with van der Waals surface area (Å²) in [6.45, 7) is 1.88. The maximum Gasteiger partial charge on any atom is 0.215 e. The summed E-state index contributed by atoms with van der Waals surface area (Å²) in [5.74, 6) is 0.409. The van der Waals surface area contributed by atoms with E-state index >= 15 is 0 Å². The number of aliphatic hydroxyl groups is 1. The van der Waals surface area contributed by atoms with E-state index in [0.29, 0.717) is 24.3 Å². The highest BCUT2D eigenvalue weighted by molar-refractivity contribution is 7.89. The van der Waals surface area contributed by atoms with Crippen LogP contribution in [0.25, 0.3) is 0 Å². The van der Waals surface area contributed by atoms with Crippen molar-refractivity contribution in [1.29, 1.82) is 0 Å². The van der Waals surface area contributed by atoms with E-state index in [2.05, 4.69) is 4.72 Å². The van der Waals surface area contributed by atoms with Crippen molar-refractivity contribution in [3.05, 3.63) is 24.3 Å². The van der Waals surface area contributed by atoms with E-state index in [1.54, 1.807) is 24.3 Å². The Labute approximate surface area is 120 Å². The number of nitrogens with two attached hydrogens (primary N) is 1. The fourth-order valence-corrected chi connectivity index (χ4v) is 2.90. The summed E-state index contributed by atoms with van der Waals surface area (Å²) in [7, 11) is -3.41. The van der Waals surface area contributed by atoms with Crippen LogP contribution in [0.2, 0.25) is 0 Å². The lowest BCUT2D eigenvalue weighted by Crippen LogP contribution is -2.37. The Kier molecular flexibility index (Phi) is 6.77. The minimum absolute atomic E-state index is 0.0409. The Morgan fingerprint density at radius 2 is 2.20 bits per heavy atom. The molecule has 1 aromatic rings. The van der Waals surface area contributed by atoms with Crippen molar-refractivity contribution in [2.75, 3.05) is 24.7 Å². The molecule has 0 aromatic heterocycles. The second-order valence-electron chi connectivity index (χ2n) is 4.48. The third kappa shape index (κ3) is 6.23. The molecule has 1 unspecified atom stereocenters. The Balaban J connectivity index is 2.43. The fourth-order valence-electron chi connectivity index (χ4n) is 1.69. The monoisotopic (exact) mass is 302 g/mol. The van der Waals surface area contributed by atoms with Gasteiger partial charge in [0.1, 0.15) is 12.4 Å². The molecular formula is C13H22N2O4S. The zero-order valence-corrected chi connectivity index (χ0v) is 12.4. The number of ether oxygens (including phenoxy) is 1. The lowest BCUT2D eigenvalue weighted by Gasteiger charge is -2.16. The molecule has 0 saturated carbocycles. The van der Waals surface area contributed by atoms with Crippen LogP contribution in [0.15, 0.2) is 24.3 Å². The van der Waals surface area contributed by atoms with Crippen LogP contribution in [-0.4, -0.2) is 38.5 Å². The van der Waals surface area contributed by atoms with Crippen LogP contribution < -0.4 is 15.2 Å². The molecule has 1 atom stereocenters. The number of sulfonamides is 1. The predicted molar refractivity (Wildman–Crippen MR) is 79.1 cm³/mol. The summed E-state index contributed by atoms with van der Waals surface area (Å²) < 4.78 is 31.6. The first kappa shape index (κ1) is 16.7. The number of hydrogen-bond acceptors (Lipinski definition) is 5. The summed E-state index contributed by atoms with van der Waals surface area (Å²) in [4.78, 5) is 0. The minimum atomic E-state index is -3.41. The molecule has 1 rings (SSSR count). The van der Waals surface area contributed by atoms with Gasteiger partial charge in [-0.1, -0.05) is 13.0 Å². The smallest absolute Gasteiger partial charge is 0.215 e. The Morgan fingerprint density at radius 3 is 2.80 bits per heavy atom. The molecule has 0 spiro atoms. The van der Waals surface area contributed by atoms with E-state index in [1.165, 1.54) is 0 Å². The number of aliphatic hydroxyl groups excluding tert-OH is 1. The van der Waals surface area contributed by atoms with Gasteiger partial charge < -0.3 is 15.6 Å². The molecule has 0 saturated heterocycles. The van der Waals surface area contributed by atoms with Gasteiger partial charge in [-0.3, -0.25) is 0 Å². The molecule has 7 heteroatoms. The first-order chi connectivity index (χ1) is 9.46. The van der Waals surface area contributed by atoms with Gasteiger partial charge in [0.2, 0.25) is 10.0 Å². The molecule has 114 valence electrons. The summed E-state index contributed by atoms with van der Waals surface area (Å²) in [6.07, 6.45) is 1.04. The van der Waals surface area contributed by atoms with Crippen LogP contribution in [-0.2, 0) is 10.0 Å². The van der Waals surface area contributed by atoms with E-state index in [4.69, 9.17) is 15.6 Å². The molecule has 0 bridgehead atoms. The van der Waals surface area contributed by atoms with Gasteiger partial charge in [0, 0.05) is 24.4 Å². The summed E-state index contributed by atoms with van der Waals surface area (Å²) in [6, 6.07) is 6.59. The first-order valence-corrected chi connectivity index (χ1v) is 8.21. The number of anilines is 1. The highest BCUT2D eigenvalue weighted by Gasteiger charge is 2.16. The lowest BCUT2D eigenvalue weighted by molar-refractivity contribution is 0.270. The van der Waals surface area contributed by atoms with Gasteiger partial charge in [-0.15, -0.1) is 0 Å². The number of nitrogens with one attached hydrogen (secondary N) is 1. The third-order valence-electron chi connectivity index (χ3n) is 2.80. The molecule has 4 N–H and O–H groups in total. The zero-order valence-electron chi connectivity index (χ0n) is 11.6. The van der Waals surface area contributed by atoms with Crippen LogP contribution in [0.4, 0.5) is 5.69 Å². The largest absolute Gasteiger partial charge is 0.492 e. The van der Waals surface area contributed by atoms with Gasteiger partial charge in [-0.25, -0.2) is 13.1 Å². The molecule has 0 aliphatic carbocycles. The third-order valence-corrected chi connectivity index (χ3v) is 4.19. The van der Waals surface area contributed by atoms with Crippen molar-refractivity contribution < 1.29 is 18.3 Å². The van der Waals surface area contributed by atoms with Gasteiger partial charge in [-0.05, 0) is 25.0 Å². The molecule has 1 aromatic carbocycles. The number of nitrogen functional groups attached to an aromatic ring is 1. The quantitative estimate of drug-likeness (QED) is 0.584. The maximum absolute atomic E-state index is 11.8.